The van der Waals surface area contributed by atoms with Crippen molar-refractivity contribution in [2.75, 3.05) is 18.4 Å². The Balaban J connectivity index is 2.53. The molecule has 1 unspecified atom stereocenters. The maximum absolute atomic E-state index is 10.5. The Labute approximate surface area is 87.5 Å². The van der Waals surface area contributed by atoms with E-state index in [0.29, 0.717) is 6.54 Å². The summed E-state index contributed by atoms with van der Waals surface area (Å²) in [5, 5.41) is 20.8. The van der Waals surface area contributed by atoms with E-state index in [1.54, 1.807) is 12.1 Å². The molecule has 0 radical (unpaired) electrons. The quantitative estimate of drug-likeness (QED) is 0.553. The van der Waals surface area contributed by atoms with Gasteiger partial charge < -0.3 is 21.3 Å². The van der Waals surface area contributed by atoms with Gasteiger partial charge in [-0.3, -0.25) is 0 Å². The van der Waals surface area contributed by atoms with E-state index in [-0.39, 0.29) is 12.1 Å². The van der Waals surface area contributed by atoms with Crippen molar-refractivity contribution in [3.05, 3.63) is 29.8 Å². The molecule has 1 rings (SSSR count). The third-order valence-electron chi connectivity index (χ3n) is 1.95. The molecule has 0 bridgehead atoms. The van der Waals surface area contributed by atoms with Crippen molar-refractivity contribution in [2.24, 2.45) is 5.73 Å². The van der Waals surface area contributed by atoms with Gasteiger partial charge in [0.05, 0.1) is 11.7 Å². The van der Waals surface area contributed by atoms with E-state index in [1.807, 2.05) is 0 Å². The van der Waals surface area contributed by atoms with Gasteiger partial charge in [0.15, 0.2) is 0 Å². The van der Waals surface area contributed by atoms with E-state index in [0.717, 1.165) is 5.69 Å². The SMILES string of the molecule is NCC(O)CNc1ccc(C(=O)O)cc1. The molecule has 0 aliphatic carbocycles. The first-order valence-corrected chi connectivity index (χ1v) is 4.59. The highest BCUT2D eigenvalue weighted by atomic mass is 16.4. The lowest BCUT2D eigenvalue weighted by Crippen LogP contribution is -2.27. The summed E-state index contributed by atoms with van der Waals surface area (Å²) in [7, 11) is 0. The molecule has 15 heavy (non-hydrogen) atoms. The van der Waals surface area contributed by atoms with E-state index in [4.69, 9.17) is 10.8 Å². The molecule has 0 amide bonds. The molecule has 0 fully saturated rings. The van der Waals surface area contributed by atoms with Gasteiger partial charge in [-0.25, -0.2) is 4.79 Å². The average Bonchev–Trinajstić information content (AvgIpc) is 2.26. The second-order valence-corrected chi connectivity index (χ2v) is 3.15. The van der Waals surface area contributed by atoms with Crippen LogP contribution < -0.4 is 11.1 Å². The van der Waals surface area contributed by atoms with Crippen molar-refractivity contribution in [3.8, 4) is 0 Å². The third kappa shape index (κ3) is 3.57. The molecule has 0 spiro atoms. The number of aliphatic hydroxyl groups is 1. The Morgan fingerprint density at radius 2 is 2.00 bits per heavy atom. The number of nitrogens with one attached hydrogen (secondary N) is 1. The van der Waals surface area contributed by atoms with Gasteiger partial charge in [-0.1, -0.05) is 0 Å². The lowest BCUT2D eigenvalue weighted by Gasteiger charge is -2.10. The molecular formula is C10H14N2O3. The normalized spacial score (nSPS) is 12.1. The zero-order valence-corrected chi connectivity index (χ0v) is 8.18. The van der Waals surface area contributed by atoms with Crippen molar-refractivity contribution in [1.82, 2.24) is 0 Å². The first kappa shape index (κ1) is 11.5. The van der Waals surface area contributed by atoms with Gasteiger partial charge in [0.25, 0.3) is 0 Å². The molecule has 0 aliphatic heterocycles. The second kappa shape index (κ2) is 5.33. The Kier molecular flexibility index (Phi) is 4.08. The van der Waals surface area contributed by atoms with Crippen LogP contribution in [0.2, 0.25) is 0 Å². The Hall–Kier alpha value is -1.59. The molecule has 0 saturated carbocycles. The van der Waals surface area contributed by atoms with Gasteiger partial charge in [0.1, 0.15) is 0 Å². The Morgan fingerprint density at radius 1 is 1.40 bits per heavy atom. The van der Waals surface area contributed by atoms with Crippen molar-refractivity contribution in [1.29, 1.82) is 0 Å². The number of nitrogens with two attached hydrogens (primary N) is 1. The van der Waals surface area contributed by atoms with Gasteiger partial charge in [-0.2, -0.15) is 0 Å². The molecule has 0 heterocycles. The minimum absolute atomic E-state index is 0.195. The molecule has 0 saturated heterocycles. The number of carboxylic acid groups (broad SMARTS) is 1. The summed E-state index contributed by atoms with van der Waals surface area (Å²) in [5.41, 5.74) is 6.23. The van der Waals surface area contributed by atoms with Crippen LogP contribution in [0.5, 0.6) is 0 Å². The number of benzene rings is 1. The predicted octanol–water partition coefficient (Wildman–Crippen LogP) is 0.116. The molecule has 82 valence electrons. The molecular weight excluding hydrogens is 196 g/mol. The number of hydrogen-bond donors (Lipinski definition) is 4. The monoisotopic (exact) mass is 210 g/mol. The number of aliphatic hydroxyl groups excluding tert-OH is 1. The summed E-state index contributed by atoms with van der Waals surface area (Å²) < 4.78 is 0. The van der Waals surface area contributed by atoms with Crippen LogP contribution in [-0.4, -0.2) is 35.4 Å². The highest BCUT2D eigenvalue weighted by Crippen LogP contribution is 2.09. The van der Waals surface area contributed by atoms with Gasteiger partial charge in [-0.15, -0.1) is 0 Å². The topological polar surface area (TPSA) is 95.6 Å². The van der Waals surface area contributed by atoms with Gasteiger partial charge >= 0.3 is 5.97 Å². The number of hydrogen-bond acceptors (Lipinski definition) is 4. The number of rotatable bonds is 5. The number of anilines is 1. The lowest BCUT2D eigenvalue weighted by atomic mass is 10.2. The fourth-order valence-corrected chi connectivity index (χ4v) is 1.05. The first-order valence-electron chi connectivity index (χ1n) is 4.59. The van der Waals surface area contributed by atoms with Crippen molar-refractivity contribution >= 4 is 11.7 Å². The summed E-state index contributed by atoms with van der Waals surface area (Å²) in [6.45, 7) is 0.545. The highest BCUT2D eigenvalue weighted by Gasteiger charge is 2.03. The summed E-state index contributed by atoms with van der Waals surface area (Å²) >= 11 is 0. The van der Waals surface area contributed by atoms with Gasteiger partial charge in [0.2, 0.25) is 0 Å². The lowest BCUT2D eigenvalue weighted by molar-refractivity contribution is 0.0697. The number of carbonyl (C=O) groups is 1. The van der Waals surface area contributed by atoms with E-state index in [2.05, 4.69) is 5.32 Å². The fraction of sp³-hybridized carbons (Fsp3) is 0.300. The molecule has 0 aromatic heterocycles. The molecule has 0 aliphatic rings. The van der Waals surface area contributed by atoms with E-state index >= 15 is 0 Å². The molecule has 5 nitrogen and oxygen atoms in total. The predicted molar refractivity (Wildman–Crippen MR) is 57.0 cm³/mol. The molecule has 5 heteroatoms. The van der Waals surface area contributed by atoms with Crippen LogP contribution in [0.25, 0.3) is 0 Å². The average molecular weight is 210 g/mol. The van der Waals surface area contributed by atoms with E-state index < -0.39 is 12.1 Å². The number of carboxylic acids is 1. The Bertz CT molecular complexity index is 324. The van der Waals surface area contributed by atoms with E-state index in [9.17, 15) is 9.90 Å². The number of aromatic carboxylic acids is 1. The second-order valence-electron chi connectivity index (χ2n) is 3.15. The fourth-order valence-electron chi connectivity index (χ4n) is 1.05. The molecule has 1 atom stereocenters. The van der Waals surface area contributed by atoms with Crippen molar-refractivity contribution < 1.29 is 15.0 Å². The summed E-state index contributed by atoms with van der Waals surface area (Å²) in [6.07, 6.45) is -0.593. The summed E-state index contributed by atoms with van der Waals surface area (Å²) in [6, 6.07) is 6.29. The molecule has 1 aromatic carbocycles. The van der Waals surface area contributed by atoms with Gasteiger partial charge in [0, 0.05) is 18.8 Å². The third-order valence-corrected chi connectivity index (χ3v) is 1.95. The van der Waals surface area contributed by atoms with Crippen LogP contribution in [0.4, 0.5) is 5.69 Å². The minimum Gasteiger partial charge on any atom is -0.478 e. The van der Waals surface area contributed by atoms with Crippen LogP contribution in [-0.2, 0) is 0 Å². The van der Waals surface area contributed by atoms with Crippen LogP contribution >= 0.6 is 0 Å². The van der Waals surface area contributed by atoms with Crippen LogP contribution in [0, 0.1) is 0 Å². The van der Waals surface area contributed by atoms with E-state index in [1.165, 1.54) is 12.1 Å². The summed E-state index contributed by atoms with van der Waals surface area (Å²) in [5.74, 6) is -0.955. The maximum atomic E-state index is 10.5. The summed E-state index contributed by atoms with van der Waals surface area (Å²) in [4.78, 5) is 10.5. The van der Waals surface area contributed by atoms with Crippen LogP contribution in [0.15, 0.2) is 24.3 Å². The largest absolute Gasteiger partial charge is 0.478 e. The molecule has 1 aromatic rings. The standard InChI is InChI=1S/C10H14N2O3/c11-5-9(13)6-12-8-3-1-7(2-4-8)10(14)15/h1-4,9,12-13H,5-6,11H2,(H,14,15). The maximum Gasteiger partial charge on any atom is 0.335 e. The van der Waals surface area contributed by atoms with Crippen LogP contribution in [0.1, 0.15) is 10.4 Å². The zero-order chi connectivity index (χ0) is 11.3. The zero-order valence-electron chi connectivity index (χ0n) is 8.18. The minimum atomic E-state index is -0.955. The Morgan fingerprint density at radius 3 is 2.47 bits per heavy atom. The first-order chi connectivity index (χ1) is 7.13. The molecule has 5 N–H and O–H groups in total. The smallest absolute Gasteiger partial charge is 0.335 e. The van der Waals surface area contributed by atoms with Crippen LogP contribution in [0.3, 0.4) is 0 Å². The van der Waals surface area contributed by atoms with Gasteiger partial charge in [-0.05, 0) is 24.3 Å². The van der Waals surface area contributed by atoms with Crippen molar-refractivity contribution in [2.45, 2.75) is 6.10 Å². The highest BCUT2D eigenvalue weighted by molar-refractivity contribution is 5.87. The van der Waals surface area contributed by atoms with Crippen molar-refractivity contribution in [3.63, 3.8) is 0 Å².